The molecule has 1 fully saturated rings. The van der Waals surface area contributed by atoms with Gasteiger partial charge in [0, 0.05) is 50.2 Å². The van der Waals surface area contributed by atoms with Gasteiger partial charge in [-0.3, -0.25) is 14.9 Å². The molecule has 1 spiro atoms. The number of aliphatic carboxylic acids is 3. The van der Waals surface area contributed by atoms with E-state index in [2.05, 4.69) is 64.2 Å². The summed E-state index contributed by atoms with van der Waals surface area (Å²) in [5, 5.41) is 21.4. The van der Waals surface area contributed by atoms with E-state index < -0.39 is 36.4 Å². The van der Waals surface area contributed by atoms with Gasteiger partial charge in [0.05, 0.1) is 11.4 Å². The van der Waals surface area contributed by atoms with Crippen LogP contribution in [0.2, 0.25) is 0 Å². The van der Waals surface area contributed by atoms with Crippen molar-refractivity contribution in [2.75, 3.05) is 24.5 Å². The molecule has 1 aromatic carbocycles. The van der Waals surface area contributed by atoms with Gasteiger partial charge in [0.1, 0.15) is 0 Å². The average molecular weight is 713 g/mol. The number of fused-ring (bicyclic) bond motifs is 2. The van der Waals surface area contributed by atoms with Crippen molar-refractivity contribution in [3.8, 4) is 0 Å². The van der Waals surface area contributed by atoms with E-state index in [0.717, 1.165) is 32.7 Å². The van der Waals surface area contributed by atoms with Crippen molar-refractivity contribution >= 4 is 23.6 Å². The van der Waals surface area contributed by atoms with Gasteiger partial charge in [-0.15, -0.1) is 0 Å². The van der Waals surface area contributed by atoms with Crippen LogP contribution in [0.1, 0.15) is 28.8 Å². The molecule has 0 amide bonds. The quantitative estimate of drug-likeness (QED) is 0.282. The number of pyridine rings is 2. The third-order valence-electron chi connectivity index (χ3n) is 6.87. The van der Waals surface area contributed by atoms with Gasteiger partial charge >= 0.3 is 36.4 Å². The Hall–Kier alpha value is -4.94. The number of likely N-dealkylation sites (tertiary alicyclic amines) is 1. The van der Waals surface area contributed by atoms with Crippen molar-refractivity contribution in [1.82, 2.24) is 14.9 Å². The smallest absolute Gasteiger partial charge is 0.475 e. The van der Waals surface area contributed by atoms with Crippen molar-refractivity contribution in [3.05, 3.63) is 89.5 Å². The van der Waals surface area contributed by atoms with Crippen molar-refractivity contribution < 1.29 is 69.2 Å². The lowest BCUT2D eigenvalue weighted by molar-refractivity contribution is -0.193. The molecule has 2 aromatic heterocycles. The lowest BCUT2D eigenvalue weighted by Gasteiger charge is -2.26. The number of hydrogen-bond acceptors (Lipinski definition) is 7. The number of benzene rings is 1. The summed E-state index contributed by atoms with van der Waals surface area (Å²) in [4.78, 5) is 40.9. The third-order valence-corrected chi connectivity index (χ3v) is 6.87. The minimum atomic E-state index is -5.08. The molecule has 3 N–H and O–H groups in total. The highest BCUT2D eigenvalue weighted by molar-refractivity contribution is 5.73. The Balaban J connectivity index is 0.000000325. The molecule has 1 atom stereocenters. The molecule has 5 rings (SSSR count). The molecule has 4 heterocycles. The maximum atomic E-state index is 10.6. The number of aromatic nitrogens is 2. The molecular formula is C30H29F9N4O6. The number of rotatable bonds is 4. The minimum absolute atomic E-state index is 0.141. The van der Waals surface area contributed by atoms with Crippen LogP contribution in [-0.4, -0.2) is 86.3 Å². The summed E-state index contributed by atoms with van der Waals surface area (Å²) in [5.74, 6) is -8.27. The highest BCUT2D eigenvalue weighted by atomic mass is 19.4. The first kappa shape index (κ1) is 40.2. The first-order chi connectivity index (χ1) is 22.5. The fourth-order valence-corrected chi connectivity index (χ4v) is 4.92. The molecule has 19 heteroatoms. The Morgan fingerprint density at radius 1 is 0.755 bits per heavy atom. The molecule has 3 aromatic rings. The van der Waals surface area contributed by atoms with E-state index in [4.69, 9.17) is 34.7 Å². The van der Waals surface area contributed by atoms with Gasteiger partial charge in [-0.05, 0) is 49.2 Å². The first-order valence-electron chi connectivity index (χ1n) is 13.8. The van der Waals surface area contributed by atoms with E-state index in [9.17, 15) is 39.5 Å². The highest BCUT2D eigenvalue weighted by Gasteiger charge is 2.48. The number of carboxylic acids is 3. The summed E-state index contributed by atoms with van der Waals surface area (Å²) >= 11 is 0. The van der Waals surface area contributed by atoms with E-state index >= 15 is 0 Å². The van der Waals surface area contributed by atoms with Gasteiger partial charge in [-0.1, -0.05) is 35.9 Å². The van der Waals surface area contributed by atoms with Crippen LogP contribution in [0, 0.1) is 6.92 Å². The van der Waals surface area contributed by atoms with Crippen LogP contribution in [0.3, 0.4) is 0 Å². The van der Waals surface area contributed by atoms with Gasteiger partial charge in [-0.2, -0.15) is 39.5 Å². The minimum Gasteiger partial charge on any atom is -0.475 e. The second kappa shape index (κ2) is 16.4. The van der Waals surface area contributed by atoms with E-state index in [1.54, 1.807) is 0 Å². The van der Waals surface area contributed by atoms with Gasteiger partial charge in [0.15, 0.2) is 0 Å². The predicted octanol–water partition coefficient (Wildman–Crippen LogP) is 5.85. The molecule has 2 aliphatic rings. The molecule has 2 aliphatic heterocycles. The maximum absolute atomic E-state index is 10.6. The highest BCUT2D eigenvalue weighted by Crippen LogP contribution is 2.45. The van der Waals surface area contributed by atoms with Crippen LogP contribution < -0.4 is 4.90 Å². The Morgan fingerprint density at radius 2 is 1.29 bits per heavy atom. The predicted molar refractivity (Wildman–Crippen MR) is 153 cm³/mol. The fourth-order valence-electron chi connectivity index (χ4n) is 4.92. The Morgan fingerprint density at radius 3 is 1.78 bits per heavy atom. The monoisotopic (exact) mass is 712 g/mol. The number of anilines is 1. The van der Waals surface area contributed by atoms with Crippen molar-refractivity contribution in [1.29, 1.82) is 0 Å². The summed E-state index contributed by atoms with van der Waals surface area (Å²) in [7, 11) is 0. The number of nitrogens with zero attached hydrogens (tertiary/aromatic N) is 4. The molecule has 1 unspecified atom stereocenters. The standard InChI is InChI=1S/C24H26N4.3C2HF3O2/c1-19-5-2-6-20(13-19)15-27-12-9-24(17-27)18-28(16-21-7-3-10-25-14-21)22-8-4-11-26-23(22)24;3*3-2(4,5)1(6)7/h2-8,10-11,13-14H,9,12,15-18H2,1H3;3*(H,6,7). The number of aryl methyl sites for hydroxylation is 1. The van der Waals surface area contributed by atoms with E-state index in [-0.39, 0.29) is 5.41 Å². The summed E-state index contributed by atoms with van der Waals surface area (Å²) in [6, 6.07) is 17.4. The van der Waals surface area contributed by atoms with Crippen molar-refractivity contribution in [2.24, 2.45) is 0 Å². The molecule has 0 bridgehead atoms. The van der Waals surface area contributed by atoms with Gasteiger partial charge in [0.25, 0.3) is 0 Å². The summed E-state index contributed by atoms with van der Waals surface area (Å²) in [5.41, 5.74) is 6.71. The molecule has 0 radical (unpaired) electrons. The third kappa shape index (κ3) is 12.5. The lowest BCUT2D eigenvalue weighted by atomic mass is 9.85. The van der Waals surface area contributed by atoms with Crippen LogP contribution >= 0.6 is 0 Å². The van der Waals surface area contributed by atoms with Crippen LogP contribution in [0.5, 0.6) is 0 Å². The molecule has 49 heavy (non-hydrogen) atoms. The van der Waals surface area contributed by atoms with Crippen LogP contribution in [-0.2, 0) is 32.9 Å². The Labute approximate surface area is 272 Å². The number of halogens is 9. The normalized spacial score (nSPS) is 17.1. The Kier molecular flexibility index (Phi) is 13.5. The topological polar surface area (TPSA) is 144 Å². The lowest BCUT2D eigenvalue weighted by Crippen LogP contribution is -2.36. The average Bonchev–Trinajstić information content (AvgIpc) is 3.53. The zero-order chi connectivity index (χ0) is 37.2. The number of hydrogen-bond donors (Lipinski definition) is 3. The first-order valence-corrected chi connectivity index (χ1v) is 13.8. The second-order valence-electron chi connectivity index (χ2n) is 10.7. The zero-order valence-electron chi connectivity index (χ0n) is 25.4. The second-order valence-corrected chi connectivity index (χ2v) is 10.7. The van der Waals surface area contributed by atoms with E-state index in [1.165, 1.54) is 34.5 Å². The van der Waals surface area contributed by atoms with E-state index in [0.29, 0.717) is 0 Å². The van der Waals surface area contributed by atoms with Gasteiger partial charge in [-0.25, -0.2) is 14.4 Å². The molecule has 268 valence electrons. The van der Waals surface area contributed by atoms with Gasteiger partial charge in [0.2, 0.25) is 0 Å². The molecule has 1 saturated heterocycles. The van der Waals surface area contributed by atoms with E-state index in [1.807, 2.05) is 24.7 Å². The fraction of sp³-hybridized carbons (Fsp3) is 0.367. The molecular weight excluding hydrogens is 683 g/mol. The van der Waals surface area contributed by atoms with Crippen molar-refractivity contribution in [3.63, 3.8) is 0 Å². The number of carboxylic acid groups (broad SMARTS) is 3. The van der Waals surface area contributed by atoms with Crippen LogP contribution in [0.25, 0.3) is 0 Å². The van der Waals surface area contributed by atoms with Crippen LogP contribution in [0.15, 0.2) is 67.1 Å². The van der Waals surface area contributed by atoms with Gasteiger partial charge < -0.3 is 20.2 Å². The number of alkyl halides is 9. The molecule has 0 saturated carbocycles. The molecule has 0 aliphatic carbocycles. The zero-order valence-corrected chi connectivity index (χ0v) is 25.4. The largest absolute Gasteiger partial charge is 0.490 e. The number of carbonyl (C=O) groups is 3. The van der Waals surface area contributed by atoms with Crippen molar-refractivity contribution in [2.45, 2.75) is 50.4 Å². The van der Waals surface area contributed by atoms with Crippen LogP contribution in [0.4, 0.5) is 45.2 Å². The summed E-state index contributed by atoms with van der Waals surface area (Å²) < 4.78 is 95.2. The maximum Gasteiger partial charge on any atom is 0.490 e. The SMILES string of the molecule is Cc1cccc(CN2CCC3(C2)CN(Cc2cccnc2)c2cccnc23)c1.O=C(O)C(F)(F)F.O=C(O)C(F)(F)F.O=C(O)C(F)(F)F. The summed E-state index contributed by atoms with van der Waals surface area (Å²) in [6.45, 7) is 7.33. The Bertz CT molecular complexity index is 1510. The summed E-state index contributed by atoms with van der Waals surface area (Å²) in [6.07, 6.45) is -8.31. The molecule has 10 nitrogen and oxygen atoms in total.